The van der Waals surface area contributed by atoms with Crippen molar-refractivity contribution >= 4 is 23.5 Å². The first-order chi connectivity index (χ1) is 13.6. The van der Waals surface area contributed by atoms with E-state index in [2.05, 4.69) is 10.3 Å². The van der Waals surface area contributed by atoms with Crippen molar-refractivity contribution in [2.24, 2.45) is 0 Å². The van der Waals surface area contributed by atoms with E-state index in [1.807, 2.05) is 18.2 Å². The van der Waals surface area contributed by atoms with E-state index in [1.165, 1.54) is 0 Å². The third-order valence-electron chi connectivity index (χ3n) is 4.71. The monoisotopic (exact) mass is 402 g/mol. The number of nitrogens with one attached hydrogen (secondary N) is 1. The van der Waals surface area contributed by atoms with Gasteiger partial charge in [0.25, 0.3) is 5.79 Å². The molecule has 1 fully saturated rings. The Morgan fingerprint density at radius 3 is 2.61 bits per heavy atom. The van der Waals surface area contributed by atoms with Gasteiger partial charge >= 0.3 is 11.9 Å². The average molecular weight is 403 g/mol. The van der Waals surface area contributed by atoms with Crippen molar-refractivity contribution in [3.05, 3.63) is 58.4 Å². The fourth-order valence-electron chi connectivity index (χ4n) is 3.43. The smallest absolute Gasteiger partial charge is 0.309 e. The number of ether oxygens (including phenoxy) is 3. The van der Waals surface area contributed by atoms with Gasteiger partial charge in [-0.15, -0.1) is 0 Å². The van der Waals surface area contributed by atoms with E-state index >= 15 is 0 Å². The molecule has 1 aromatic heterocycles. The van der Waals surface area contributed by atoms with Crippen LogP contribution in [0.5, 0.6) is 5.75 Å². The molecule has 0 unspecified atom stereocenters. The maximum absolute atomic E-state index is 12.1. The predicted octanol–water partition coefficient (Wildman–Crippen LogP) is 2.49. The van der Waals surface area contributed by atoms with Gasteiger partial charge in [0.15, 0.2) is 0 Å². The molecule has 28 heavy (non-hydrogen) atoms. The predicted molar refractivity (Wildman–Crippen MR) is 99.7 cm³/mol. The van der Waals surface area contributed by atoms with Crippen molar-refractivity contribution in [3.63, 3.8) is 0 Å². The standard InChI is InChI=1S/C20H19ClN2O5/c21-16-5-4-15-14(19(16)26-11-13-3-1-2-9-23-13)8-10-22-12-20(15)27-17(24)6-7-18(25)28-20/h1-5,9,22H,6-8,10-12H2. The molecule has 2 aliphatic heterocycles. The number of pyridine rings is 1. The maximum Gasteiger partial charge on any atom is 0.309 e. The Morgan fingerprint density at radius 1 is 1.11 bits per heavy atom. The van der Waals surface area contributed by atoms with Crippen LogP contribution in [-0.2, 0) is 37.9 Å². The molecule has 3 heterocycles. The number of nitrogens with zero attached hydrogens (tertiary/aromatic N) is 1. The van der Waals surface area contributed by atoms with Gasteiger partial charge in [-0.1, -0.05) is 17.7 Å². The van der Waals surface area contributed by atoms with Crippen LogP contribution in [0.3, 0.4) is 0 Å². The Labute approximate surface area is 166 Å². The molecular weight excluding hydrogens is 384 g/mol. The summed E-state index contributed by atoms with van der Waals surface area (Å²) in [5, 5.41) is 3.61. The summed E-state index contributed by atoms with van der Waals surface area (Å²) in [6, 6.07) is 8.95. The van der Waals surface area contributed by atoms with Crippen LogP contribution in [-0.4, -0.2) is 30.0 Å². The summed E-state index contributed by atoms with van der Waals surface area (Å²) >= 11 is 6.42. The summed E-state index contributed by atoms with van der Waals surface area (Å²) < 4.78 is 17.2. The minimum absolute atomic E-state index is 0.00740. The zero-order chi connectivity index (χ0) is 19.6. The number of rotatable bonds is 3. The van der Waals surface area contributed by atoms with Gasteiger partial charge in [0.2, 0.25) is 0 Å². The van der Waals surface area contributed by atoms with Crippen LogP contribution >= 0.6 is 11.6 Å². The fraction of sp³-hybridized carbons (Fsp3) is 0.350. The van der Waals surface area contributed by atoms with Crippen molar-refractivity contribution in [1.29, 1.82) is 0 Å². The first-order valence-corrected chi connectivity index (χ1v) is 9.44. The number of hydrogen-bond donors (Lipinski definition) is 1. The topological polar surface area (TPSA) is 86.8 Å². The number of aromatic nitrogens is 1. The maximum atomic E-state index is 12.1. The lowest BCUT2D eigenvalue weighted by Gasteiger charge is -2.32. The molecule has 2 aliphatic rings. The number of benzene rings is 1. The molecule has 1 N–H and O–H groups in total. The molecule has 7 nitrogen and oxygen atoms in total. The Morgan fingerprint density at radius 2 is 1.89 bits per heavy atom. The van der Waals surface area contributed by atoms with Crippen molar-refractivity contribution < 1.29 is 23.8 Å². The number of hydrogen-bond acceptors (Lipinski definition) is 7. The van der Waals surface area contributed by atoms with E-state index in [9.17, 15) is 9.59 Å². The van der Waals surface area contributed by atoms with Gasteiger partial charge in [0.05, 0.1) is 30.1 Å². The Balaban J connectivity index is 1.74. The van der Waals surface area contributed by atoms with Crippen LogP contribution < -0.4 is 10.1 Å². The molecule has 8 heteroatoms. The second-order valence-corrected chi connectivity index (χ2v) is 7.05. The van der Waals surface area contributed by atoms with Crippen molar-refractivity contribution in [2.75, 3.05) is 13.1 Å². The molecule has 0 aliphatic carbocycles. The molecule has 0 atom stereocenters. The van der Waals surface area contributed by atoms with Crippen LogP contribution in [0.2, 0.25) is 5.02 Å². The normalized spacial score (nSPS) is 18.5. The van der Waals surface area contributed by atoms with E-state index in [0.29, 0.717) is 29.3 Å². The third kappa shape index (κ3) is 3.68. The van der Waals surface area contributed by atoms with Crippen molar-refractivity contribution in [2.45, 2.75) is 31.7 Å². The Hall–Kier alpha value is -2.64. The highest BCUT2D eigenvalue weighted by Crippen LogP contribution is 2.41. The van der Waals surface area contributed by atoms with Crippen LogP contribution in [0.15, 0.2) is 36.5 Å². The molecule has 2 aromatic rings. The van der Waals surface area contributed by atoms with Gasteiger partial charge in [0.1, 0.15) is 12.4 Å². The van der Waals surface area contributed by atoms with E-state index in [-0.39, 0.29) is 26.0 Å². The van der Waals surface area contributed by atoms with E-state index in [4.69, 9.17) is 25.8 Å². The second-order valence-electron chi connectivity index (χ2n) is 6.64. The second kappa shape index (κ2) is 7.77. The van der Waals surface area contributed by atoms with Crippen LogP contribution in [0, 0.1) is 0 Å². The molecule has 1 saturated heterocycles. The lowest BCUT2D eigenvalue weighted by atomic mass is 9.97. The van der Waals surface area contributed by atoms with Gasteiger partial charge in [0, 0.05) is 17.3 Å². The number of fused-ring (bicyclic) bond motifs is 2. The van der Waals surface area contributed by atoms with Crippen molar-refractivity contribution in [3.8, 4) is 5.75 Å². The minimum Gasteiger partial charge on any atom is -0.485 e. The Bertz CT molecular complexity index is 885. The molecule has 1 spiro atoms. The SMILES string of the molecule is O=C1CCC(=O)OC2(CNCCc3c2ccc(Cl)c3OCc2ccccn2)O1. The van der Waals surface area contributed by atoms with Gasteiger partial charge in [-0.25, -0.2) is 0 Å². The summed E-state index contributed by atoms with van der Waals surface area (Å²) in [5.41, 5.74) is 2.07. The van der Waals surface area contributed by atoms with E-state index < -0.39 is 17.7 Å². The van der Waals surface area contributed by atoms with Crippen LogP contribution in [0.1, 0.15) is 29.7 Å². The first kappa shape index (κ1) is 18.7. The zero-order valence-electron chi connectivity index (χ0n) is 15.1. The first-order valence-electron chi connectivity index (χ1n) is 9.06. The van der Waals surface area contributed by atoms with Gasteiger partial charge in [-0.3, -0.25) is 14.6 Å². The average Bonchev–Trinajstić information content (AvgIpc) is 2.95. The highest BCUT2D eigenvalue weighted by molar-refractivity contribution is 6.32. The molecule has 1 aromatic carbocycles. The molecule has 146 valence electrons. The molecule has 0 saturated carbocycles. The minimum atomic E-state index is -1.52. The summed E-state index contributed by atoms with van der Waals surface area (Å²) in [6.07, 6.45) is 2.25. The van der Waals surface area contributed by atoms with Crippen LogP contribution in [0.4, 0.5) is 0 Å². The van der Waals surface area contributed by atoms with Gasteiger partial charge < -0.3 is 19.5 Å². The highest BCUT2D eigenvalue weighted by Gasteiger charge is 2.46. The lowest BCUT2D eigenvalue weighted by molar-refractivity contribution is -0.225. The van der Waals surface area contributed by atoms with Crippen LogP contribution in [0.25, 0.3) is 0 Å². The quantitative estimate of drug-likeness (QED) is 0.789. The number of carbonyl (C=O) groups is 2. The molecule has 0 radical (unpaired) electrons. The number of carbonyl (C=O) groups excluding carboxylic acids is 2. The van der Waals surface area contributed by atoms with E-state index in [0.717, 1.165) is 11.3 Å². The zero-order valence-corrected chi connectivity index (χ0v) is 15.8. The fourth-order valence-corrected chi connectivity index (χ4v) is 3.66. The third-order valence-corrected chi connectivity index (χ3v) is 5.01. The van der Waals surface area contributed by atoms with Gasteiger partial charge in [-0.2, -0.15) is 0 Å². The molecule has 0 bridgehead atoms. The van der Waals surface area contributed by atoms with Gasteiger partial charge in [-0.05, 0) is 37.2 Å². The number of esters is 2. The molecule has 4 rings (SSSR count). The highest BCUT2D eigenvalue weighted by atomic mass is 35.5. The Kier molecular flexibility index (Phi) is 5.19. The lowest BCUT2D eigenvalue weighted by Crippen LogP contribution is -2.43. The summed E-state index contributed by atoms with van der Waals surface area (Å²) in [7, 11) is 0. The summed E-state index contributed by atoms with van der Waals surface area (Å²) in [5.74, 6) is -2.01. The molecule has 0 amide bonds. The van der Waals surface area contributed by atoms with E-state index in [1.54, 1.807) is 18.3 Å². The summed E-state index contributed by atoms with van der Waals surface area (Å²) in [6.45, 7) is 0.986. The largest absolute Gasteiger partial charge is 0.485 e. The molecular formula is C20H19ClN2O5. The number of halogens is 1. The van der Waals surface area contributed by atoms with Crippen molar-refractivity contribution in [1.82, 2.24) is 10.3 Å². The summed E-state index contributed by atoms with van der Waals surface area (Å²) in [4.78, 5) is 28.5.